The minimum Gasteiger partial charge on any atom is -0.192 e. The minimum absolute atomic E-state index is 0.632. The van der Waals surface area contributed by atoms with E-state index in [1.807, 2.05) is 30.3 Å². The van der Waals surface area contributed by atoms with E-state index in [1.165, 1.54) is 27.8 Å². The van der Waals surface area contributed by atoms with Crippen molar-refractivity contribution < 1.29 is 0 Å². The van der Waals surface area contributed by atoms with Crippen LogP contribution in [-0.2, 0) is 0 Å². The average molecular weight is 677 g/mol. The number of nitriles is 2. The van der Waals surface area contributed by atoms with Gasteiger partial charge in [0.1, 0.15) is 0 Å². The molecule has 2 aliphatic rings. The van der Waals surface area contributed by atoms with E-state index in [0.29, 0.717) is 11.1 Å². The normalized spacial score (nSPS) is 13.6. The van der Waals surface area contributed by atoms with Crippen molar-refractivity contribution in [2.75, 3.05) is 0 Å². The van der Waals surface area contributed by atoms with Crippen LogP contribution >= 0.6 is 0 Å². The van der Waals surface area contributed by atoms with Crippen molar-refractivity contribution in [2.24, 2.45) is 0 Å². The van der Waals surface area contributed by atoms with Gasteiger partial charge in [-0.25, -0.2) is 0 Å². The summed E-state index contributed by atoms with van der Waals surface area (Å²) in [6.07, 6.45) is 18.0. The molecule has 2 heteroatoms. The van der Waals surface area contributed by atoms with Crippen LogP contribution in [-0.4, -0.2) is 0 Å². The molecule has 0 heterocycles. The van der Waals surface area contributed by atoms with Crippen LogP contribution in [0.25, 0.3) is 61.2 Å². The molecule has 250 valence electrons. The van der Waals surface area contributed by atoms with Crippen molar-refractivity contribution in [3.05, 3.63) is 210 Å². The molecule has 0 N–H and O–H groups in total. The number of nitrogens with zero attached hydrogens (tertiary/aromatic N) is 2. The summed E-state index contributed by atoms with van der Waals surface area (Å²) in [7, 11) is 0. The zero-order valence-electron chi connectivity index (χ0n) is 29.3. The number of hydrogen-bond acceptors (Lipinski definition) is 2. The molecule has 6 aromatic rings. The molecule has 0 spiro atoms. The molecule has 0 radical (unpaired) electrons. The highest BCUT2D eigenvalue weighted by molar-refractivity contribution is 5.83. The van der Waals surface area contributed by atoms with Gasteiger partial charge in [0.05, 0.1) is 23.3 Å². The first-order valence-corrected chi connectivity index (χ1v) is 18.0. The maximum absolute atomic E-state index is 9.96. The summed E-state index contributed by atoms with van der Waals surface area (Å²) in [6, 6.07) is 53.2. The van der Waals surface area contributed by atoms with Crippen LogP contribution in [0.15, 0.2) is 182 Å². The average Bonchev–Trinajstić information content (AvgIpc) is 3.54. The molecule has 0 saturated carbocycles. The zero-order chi connectivity index (χ0) is 36.0. The lowest BCUT2D eigenvalue weighted by Gasteiger charge is -2.17. The van der Waals surface area contributed by atoms with Crippen molar-refractivity contribution in [1.29, 1.82) is 10.5 Å². The lowest BCUT2D eigenvalue weighted by molar-refractivity contribution is 1.07. The van der Waals surface area contributed by atoms with Gasteiger partial charge in [0.25, 0.3) is 0 Å². The molecule has 0 aliphatic heterocycles. The van der Waals surface area contributed by atoms with Crippen LogP contribution in [0.5, 0.6) is 0 Å². The summed E-state index contributed by atoms with van der Waals surface area (Å²) >= 11 is 0. The molecule has 8 rings (SSSR count). The molecule has 0 unspecified atom stereocenters. The Kier molecular flexibility index (Phi) is 9.44. The van der Waals surface area contributed by atoms with Crippen LogP contribution < -0.4 is 0 Å². The molecule has 0 atom stereocenters. The van der Waals surface area contributed by atoms with E-state index < -0.39 is 0 Å². The molecule has 0 saturated heterocycles. The Balaban J connectivity index is 1.05. The Morgan fingerprint density at radius 2 is 0.868 bits per heavy atom. The highest BCUT2D eigenvalue weighted by Crippen LogP contribution is 2.36. The molecule has 53 heavy (non-hydrogen) atoms. The quantitative estimate of drug-likeness (QED) is 0.169. The number of rotatable bonds is 7. The van der Waals surface area contributed by atoms with Gasteiger partial charge in [-0.15, -0.1) is 0 Å². The standard InChI is InChI=1S/C51H36N2/c52-34-36-27-48(43-21-15-41(16-22-43)39-11-6-3-7-12-39)32-49(28-36)45-25-19-42(20-26-45)46-13-8-14-47(31-46)51-30-37(35-53)29-50(33-51)44-23-17-40(18-24-44)38-9-4-1-2-5-10-38/h1-4,6-15,17-21,23-33H,5,16,22H2. The van der Waals surface area contributed by atoms with Gasteiger partial charge in [0, 0.05) is 0 Å². The van der Waals surface area contributed by atoms with E-state index >= 15 is 0 Å². The van der Waals surface area contributed by atoms with E-state index in [2.05, 4.69) is 164 Å². The van der Waals surface area contributed by atoms with Gasteiger partial charge in [-0.05, 0) is 140 Å². The number of allylic oxidation sites excluding steroid dienone is 10. The maximum Gasteiger partial charge on any atom is 0.0992 e. The molecule has 0 fully saturated rings. The fourth-order valence-corrected chi connectivity index (χ4v) is 7.22. The molecule has 2 aliphatic carbocycles. The molecular formula is C51H36N2. The van der Waals surface area contributed by atoms with Crippen molar-refractivity contribution in [2.45, 2.75) is 19.3 Å². The van der Waals surface area contributed by atoms with E-state index in [1.54, 1.807) is 0 Å². The van der Waals surface area contributed by atoms with Gasteiger partial charge in [-0.2, -0.15) is 10.5 Å². The topological polar surface area (TPSA) is 47.6 Å². The first-order valence-electron chi connectivity index (χ1n) is 18.0. The third kappa shape index (κ3) is 7.41. The van der Waals surface area contributed by atoms with Gasteiger partial charge in [-0.3, -0.25) is 0 Å². The highest BCUT2D eigenvalue weighted by atomic mass is 14.3. The Morgan fingerprint density at radius 1 is 0.396 bits per heavy atom. The van der Waals surface area contributed by atoms with Crippen LogP contribution in [0.4, 0.5) is 0 Å². The van der Waals surface area contributed by atoms with Crippen LogP contribution in [0.3, 0.4) is 0 Å². The number of hydrogen-bond donors (Lipinski definition) is 0. The molecule has 2 nitrogen and oxygen atoms in total. The fraction of sp³-hybridized carbons (Fsp3) is 0.0588. The smallest absolute Gasteiger partial charge is 0.0992 e. The van der Waals surface area contributed by atoms with E-state index in [-0.39, 0.29) is 0 Å². The second kappa shape index (κ2) is 15.1. The lowest BCUT2D eigenvalue weighted by Crippen LogP contribution is -1.95. The second-order valence-corrected chi connectivity index (χ2v) is 13.5. The molecule has 0 bridgehead atoms. The van der Waals surface area contributed by atoms with Crippen LogP contribution in [0.2, 0.25) is 0 Å². The van der Waals surface area contributed by atoms with Crippen LogP contribution in [0.1, 0.15) is 47.1 Å². The van der Waals surface area contributed by atoms with Crippen molar-refractivity contribution in [3.63, 3.8) is 0 Å². The Hall–Kier alpha value is -7.00. The number of benzene rings is 6. The van der Waals surface area contributed by atoms with Gasteiger partial charge < -0.3 is 0 Å². The molecule has 6 aromatic carbocycles. The first-order chi connectivity index (χ1) is 26.1. The first kappa shape index (κ1) is 33.2. The molecule has 0 amide bonds. The zero-order valence-corrected chi connectivity index (χ0v) is 29.3. The Labute approximate surface area is 312 Å². The Morgan fingerprint density at radius 3 is 1.47 bits per heavy atom. The molecular weight excluding hydrogens is 641 g/mol. The summed E-state index contributed by atoms with van der Waals surface area (Å²) < 4.78 is 0. The fourth-order valence-electron chi connectivity index (χ4n) is 7.22. The summed E-state index contributed by atoms with van der Waals surface area (Å²) in [5, 5.41) is 19.9. The summed E-state index contributed by atoms with van der Waals surface area (Å²) in [6.45, 7) is 0. The lowest BCUT2D eigenvalue weighted by atomic mass is 9.88. The molecule has 0 aromatic heterocycles. The highest BCUT2D eigenvalue weighted by Gasteiger charge is 2.13. The SMILES string of the molecule is N#Cc1cc(C2=CC=C(c3ccccc3)CC2)cc(-c2ccc(-c3cccc(-c4cc(C#N)cc(-c5ccc(C6=CCC=CC=C6)cc5)c4)c3)cc2)c1. The van der Waals surface area contributed by atoms with Gasteiger partial charge >= 0.3 is 0 Å². The van der Waals surface area contributed by atoms with E-state index in [4.69, 9.17) is 0 Å². The van der Waals surface area contributed by atoms with Crippen molar-refractivity contribution in [3.8, 4) is 56.6 Å². The minimum atomic E-state index is 0.632. The van der Waals surface area contributed by atoms with Crippen LogP contribution in [0, 0.1) is 22.7 Å². The third-order valence-corrected chi connectivity index (χ3v) is 10.1. The Bertz CT molecular complexity index is 2560. The largest absolute Gasteiger partial charge is 0.192 e. The summed E-state index contributed by atoms with van der Waals surface area (Å²) in [5.74, 6) is 0. The predicted octanol–water partition coefficient (Wildman–Crippen LogP) is 13.3. The van der Waals surface area contributed by atoms with Crippen molar-refractivity contribution in [1.82, 2.24) is 0 Å². The summed E-state index contributed by atoms with van der Waals surface area (Å²) in [5.41, 5.74) is 17.1. The van der Waals surface area contributed by atoms with E-state index in [9.17, 15) is 10.5 Å². The predicted molar refractivity (Wildman–Crippen MR) is 220 cm³/mol. The van der Waals surface area contributed by atoms with Gasteiger partial charge in [0.2, 0.25) is 0 Å². The van der Waals surface area contributed by atoms with Crippen molar-refractivity contribution >= 4 is 16.7 Å². The van der Waals surface area contributed by atoms with E-state index in [0.717, 1.165) is 69.3 Å². The van der Waals surface area contributed by atoms with Gasteiger partial charge in [0.15, 0.2) is 0 Å². The summed E-state index contributed by atoms with van der Waals surface area (Å²) in [4.78, 5) is 0. The van der Waals surface area contributed by atoms with Gasteiger partial charge in [-0.1, -0.05) is 140 Å². The maximum atomic E-state index is 9.96. The monoisotopic (exact) mass is 676 g/mol. The second-order valence-electron chi connectivity index (χ2n) is 13.5. The third-order valence-electron chi connectivity index (χ3n) is 10.1.